The van der Waals surface area contributed by atoms with Crippen molar-refractivity contribution in [2.75, 3.05) is 12.4 Å². The molecule has 0 radical (unpaired) electrons. The number of esters is 1. The predicted molar refractivity (Wildman–Crippen MR) is 82.1 cm³/mol. The first-order valence-electron chi connectivity index (χ1n) is 7.15. The molecule has 0 saturated heterocycles. The van der Waals surface area contributed by atoms with E-state index in [0.29, 0.717) is 11.3 Å². The molecule has 0 spiro atoms. The smallest absolute Gasteiger partial charge is 0.311 e. The van der Waals surface area contributed by atoms with Crippen LogP contribution < -0.4 is 10.1 Å². The third-order valence-corrected chi connectivity index (χ3v) is 3.12. The number of hydrogen-bond acceptors (Lipinski definition) is 6. The molecule has 0 bridgehead atoms. The van der Waals surface area contributed by atoms with Gasteiger partial charge in [0.2, 0.25) is 5.88 Å². The Morgan fingerprint density at radius 3 is 2.71 bits per heavy atom. The lowest BCUT2D eigenvalue weighted by atomic mass is 10.1. The molecule has 7 nitrogen and oxygen atoms in total. The van der Waals surface area contributed by atoms with Crippen molar-refractivity contribution in [3.63, 3.8) is 0 Å². The molecule has 128 valence electrons. The molecule has 0 aliphatic carbocycles. The Kier molecular flexibility index (Phi) is 5.51. The molecule has 1 N–H and O–H groups in total. The van der Waals surface area contributed by atoms with Gasteiger partial charge in [-0.1, -0.05) is 11.2 Å². The van der Waals surface area contributed by atoms with Crippen molar-refractivity contribution in [3.8, 4) is 5.75 Å². The second-order valence-corrected chi connectivity index (χ2v) is 5.10. The molecule has 1 amide bonds. The van der Waals surface area contributed by atoms with E-state index >= 15 is 0 Å². The van der Waals surface area contributed by atoms with Crippen LogP contribution in [0.2, 0.25) is 0 Å². The highest BCUT2D eigenvalue weighted by Crippen LogP contribution is 2.18. The summed E-state index contributed by atoms with van der Waals surface area (Å²) < 4.78 is 28.2. The van der Waals surface area contributed by atoms with E-state index in [9.17, 15) is 14.0 Å². The molecular weight excluding hydrogens is 319 g/mol. The van der Waals surface area contributed by atoms with Gasteiger partial charge < -0.3 is 14.0 Å². The van der Waals surface area contributed by atoms with E-state index in [0.717, 1.165) is 0 Å². The Morgan fingerprint density at radius 2 is 2.12 bits per heavy atom. The minimum atomic E-state index is -1.04. The molecule has 1 aromatic heterocycles. The Hall–Kier alpha value is -2.90. The molecular formula is C16H17FN2O5. The molecule has 24 heavy (non-hydrogen) atoms. The van der Waals surface area contributed by atoms with Crippen molar-refractivity contribution in [2.24, 2.45) is 0 Å². The minimum absolute atomic E-state index is 0.0854. The third kappa shape index (κ3) is 4.55. The van der Waals surface area contributed by atoms with Crippen LogP contribution in [0.15, 0.2) is 28.8 Å². The molecule has 2 aromatic rings. The largest absolute Gasteiger partial charge is 0.494 e. The number of hydrogen-bond donors (Lipinski definition) is 1. The topological polar surface area (TPSA) is 90.7 Å². The van der Waals surface area contributed by atoms with E-state index in [4.69, 9.17) is 14.0 Å². The van der Waals surface area contributed by atoms with Crippen molar-refractivity contribution in [3.05, 3.63) is 41.3 Å². The number of aromatic nitrogens is 1. The predicted octanol–water partition coefficient (Wildman–Crippen LogP) is 2.24. The van der Waals surface area contributed by atoms with Crippen LogP contribution in [0.5, 0.6) is 5.75 Å². The zero-order valence-corrected chi connectivity index (χ0v) is 13.5. The van der Waals surface area contributed by atoms with Crippen LogP contribution in [0.1, 0.15) is 18.2 Å². The van der Waals surface area contributed by atoms with Gasteiger partial charge >= 0.3 is 5.97 Å². The molecule has 1 atom stereocenters. The van der Waals surface area contributed by atoms with Gasteiger partial charge in [-0.05, 0) is 31.5 Å². The molecule has 0 aliphatic heterocycles. The number of carbonyl (C=O) groups excluding carboxylic acids is 2. The molecule has 1 unspecified atom stereocenters. The van der Waals surface area contributed by atoms with Crippen LogP contribution in [0, 0.1) is 12.7 Å². The maximum atomic E-state index is 13.6. The van der Waals surface area contributed by atoms with Gasteiger partial charge in [-0.3, -0.25) is 14.9 Å². The SMILES string of the molecule is COc1ccc(CC(=O)OC(C)C(=O)Nc2cc(C)no2)cc1F. The third-order valence-electron chi connectivity index (χ3n) is 3.12. The fourth-order valence-corrected chi connectivity index (χ4v) is 1.92. The average molecular weight is 336 g/mol. The zero-order valence-electron chi connectivity index (χ0n) is 13.5. The van der Waals surface area contributed by atoms with Crippen LogP contribution in [-0.4, -0.2) is 30.2 Å². The van der Waals surface area contributed by atoms with Crippen molar-refractivity contribution >= 4 is 17.8 Å². The second-order valence-electron chi connectivity index (χ2n) is 5.10. The number of halogens is 1. The Balaban J connectivity index is 1.89. The number of methoxy groups -OCH3 is 1. The summed E-state index contributed by atoms with van der Waals surface area (Å²) in [5.74, 6) is -1.54. The first-order valence-corrected chi connectivity index (χ1v) is 7.15. The van der Waals surface area contributed by atoms with E-state index in [1.165, 1.54) is 32.2 Å². The monoisotopic (exact) mass is 336 g/mol. The normalized spacial score (nSPS) is 11.7. The van der Waals surface area contributed by atoms with Gasteiger partial charge in [0.05, 0.1) is 19.2 Å². The van der Waals surface area contributed by atoms with Gasteiger partial charge in [0.15, 0.2) is 17.7 Å². The number of nitrogens with one attached hydrogen (secondary N) is 1. The van der Waals surface area contributed by atoms with Crippen molar-refractivity contribution in [1.82, 2.24) is 5.16 Å². The highest BCUT2D eigenvalue weighted by molar-refractivity contribution is 5.94. The highest BCUT2D eigenvalue weighted by atomic mass is 19.1. The molecule has 1 heterocycles. The van der Waals surface area contributed by atoms with Gasteiger partial charge in [-0.25, -0.2) is 4.39 Å². The molecule has 0 aliphatic rings. The van der Waals surface area contributed by atoms with Crippen LogP contribution in [0.25, 0.3) is 0 Å². The number of anilines is 1. The Morgan fingerprint density at radius 1 is 1.38 bits per heavy atom. The Labute approximate surface area is 137 Å². The van der Waals surface area contributed by atoms with Crippen LogP contribution in [-0.2, 0) is 20.7 Å². The summed E-state index contributed by atoms with van der Waals surface area (Å²) in [4.78, 5) is 23.8. The van der Waals surface area contributed by atoms with Gasteiger partial charge in [-0.2, -0.15) is 0 Å². The van der Waals surface area contributed by atoms with E-state index in [1.54, 1.807) is 13.0 Å². The minimum Gasteiger partial charge on any atom is -0.494 e. The summed E-state index contributed by atoms with van der Waals surface area (Å²) in [7, 11) is 1.35. The zero-order chi connectivity index (χ0) is 17.7. The number of rotatable bonds is 6. The molecule has 0 fully saturated rings. The fourth-order valence-electron chi connectivity index (χ4n) is 1.92. The highest BCUT2D eigenvalue weighted by Gasteiger charge is 2.19. The van der Waals surface area contributed by atoms with Crippen LogP contribution in [0.4, 0.5) is 10.3 Å². The van der Waals surface area contributed by atoms with Crippen molar-refractivity contribution < 1.29 is 28.0 Å². The van der Waals surface area contributed by atoms with Gasteiger partial charge in [0.25, 0.3) is 5.91 Å². The van der Waals surface area contributed by atoms with E-state index in [1.807, 2.05) is 0 Å². The maximum absolute atomic E-state index is 13.6. The average Bonchev–Trinajstić information content (AvgIpc) is 2.92. The summed E-state index contributed by atoms with van der Waals surface area (Å²) >= 11 is 0. The van der Waals surface area contributed by atoms with Gasteiger partial charge in [0.1, 0.15) is 0 Å². The van der Waals surface area contributed by atoms with Crippen molar-refractivity contribution in [1.29, 1.82) is 0 Å². The van der Waals surface area contributed by atoms with E-state index < -0.39 is 23.8 Å². The summed E-state index contributed by atoms with van der Waals surface area (Å²) in [5, 5.41) is 6.06. The lowest BCUT2D eigenvalue weighted by Crippen LogP contribution is -2.30. The van der Waals surface area contributed by atoms with Gasteiger partial charge in [-0.15, -0.1) is 0 Å². The van der Waals surface area contributed by atoms with E-state index in [2.05, 4.69) is 10.5 Å². The molecule has 0 saturated carbocycles. The quantitative estimate of drug-likeness (QED) is 0.814. The Bertz CT molecular complexity index is 744. The van der Waals surface area contributed by atoms with Crippen LogP contribution in [0.3, 0.4) is 0 Å². The van der Waals surface area contributed by atoms with Crippen LogP contribution >= 0.6 is 0 Å². The van der Waals surface area contributed by atoms with Gasteiger partial charge in [0, 0.05) is 6.07 Å². The summed E-state index contributed by atoms with van der Waals surface area (Å²) in [6.45, 7) is 3.13. The standard InChI is InChI=1S/C16H17FN2O5/c1-9-6-14(24-19-9)18-16(21)10(2)23-15(20)8-11-4-5-13(22-3)12(17)7-11/h4-7,10H,8H2,1-3H3,(H,18,21). The maximum Gasteiger partial charge on any atom is 0.311 e. The number of benzene rings is 1. The first-order chi connectivity index (χ1) is 11.4. The summed E-state index contributed by atoms with van der Waals surface area (Å²) in [6, 6.07) is 5.68. The fraction of sp³-hybridized carbons (Fsp3) is 0.312. The summed E-state index contributed by atoms with van der Waals surface area (Å²) in [5.41, 5.74) is 1.02. The molecule has 1 aromatic carbocycles. The number of ether oxygens (including phenoxy) is 2. The number of carbonyl (C=O) groups is 2. The second kappa shape index (κ2) is 7.58. The number of nitrogens with zero attached hydrogens (tertiary/aromatic N) is 1. The lowest BCUT2D eigenvalue weighted by Gasteiger charge is -2.12. The number of aryl methyl sites for hydroxylation is 1. The molecule has 8 heteroatoms. The van der Waals surface area contributed by atoms with E-state index in [-0.39, 0.29) is 18.1 Å². The molecule has 2 rings (SSSR count). The lowest BCUT2D eigenvalue weighted by molar-refractivity contribution is -0.152. The van der Waals surface area contributed by atoms with Crippen molar-refractivity contribution in [2.45, 2.75) is 26.4 Å². The summed E-state index contributed by atoms with van der Waals surface area (Å²) in [6.07, 6.45) is -1.20. The first kappa shape index (κ1) is 17.5. The number of amides is 1.